The van der Waals surface area contributed by atoms with Crippen LogP contribution in [-0.2, 0) is 0 Å². The predicted octanol–water partition coefficient (Wildman–Crippen LogP) is 4.78. The van der Waals surface area contributed by atoms with Gasteiger partial charge in [0.1, 0.15) is 5.82 Å². The topological polar surface area (TPSA) is 29.1 Å². The van der Waals surface area contributed by atoms with Crippen LogP contribution in [0.15, 0.2) is 22.7 Å². The SMILES string of the molecule is CC1CCC(C(C)C)C(NC(=O)c2cccc(F)c2Br)C1. The first kappa shape index (κ1) is 16.5. The Morgan fingerprint density at radius 3 is 2.76 bits per heavy atom. The maximum atomic E-state index is 13.6. The van der Waals surface area contributed by atoms with E-state index in [0.29, 0.717) is 23.3 Å². The molecule has 0 spiro atoms. The number of rotatable bonds is 3. The van der Waals surface area contributed by atoms with Gasteiger partial charge < -0.3 is 5.32 Å². The highest BCUT2D eigenvalue weighted by atomic mass is 79.9. The average Bonchev–Trinajstić information content (AvgIpc) is 2.41. The Hall–Kier alpha value is -0.900. The molecule has 1 aliphatic carbocycles. The molecule has 0 heterocycles. The molecular formula is C17H23BrFNO. The zero-order valence-corrected chi connectivity index (χ0v) is 14.4. The minimum atomic E-state index is -0.403. The monoisotopic (exact) mass is 355 g/mol. The second kappa shape index (κ2) is 6.91. The van der Waals surface area contributed by atoms with Gasteiger partial charge in [0.15, 0.2) is 0 Å². The molecule has 21 heavy (non-hydrogen) atoms. The number of carbonyl (C=O) groups is 1. The second-order valence-electron chi connectivity index (χ2n) is 6.51. The largest absolute Gasteiger partial charge is 0.349 e. The Morgan fingerprint density at radius 2 is 2.10 bits per heavy atom. The Morgan fingerprint density at radius 1 is 1.38 bits per heavy atom. The number of halogens is 2. The fourth-order valence-electron chi connectivity index (χ4n) is 3.29. The molecule has 1 aliphatic rings. The number of benzene rings is 1. The van der Waals surface area contributed by atoms with Crippen LogP contribution in [0.25, 0.3) is 0 Å². The molecule has 1 amide bonds. The minimum absolute atomic E-state index is 0.177. The summed E-state index contributed by atoms with van der Waals surface area (Å²) >= 11 is 3.17. The summed E-state index contributed by atoms with van der Waals surface area (Å²) in [7, 11) is 0. The van der Waals surface area contributed by atoms with Crippen molar-refractivity contribution in [2.24, 2.45) is 17.8 Å². The zero-order chi connectivity index (χ0) is 15.6. The van der Waals surface area contributed by atoms with E-state index in [2.05, 4.69) is 42.0 Å². The van der Waals surface area contributed by atoms with E-state index in [1.807, 2.05) is 0 Å². The van der Waals surface area contributed by atoms with Gasteiger partial charge in [-0.3, -0.25) is 4.79 Å². The zero-order valence-electron chi connectivity index (χ0n) is 12.8. The molecule has 0 aliphatic heterocycles. The van der Waals surface area contributed by atoms with Crippen LogP contribution >= 0.6 is 15.9 Å². The first-order chi connectivity index (χ1) is 9.90. The standard InChI is InChI=1S/C17H23BrFNO/c1-10(2)12-8-7-11(3)9-15(12)20-17(21)13-5-4-6-14(19)16(13)18/h4-6,10-12,15H,7-9H2,1-3H3,(H,20,21). The minimum Gasteiger partial charge on any atom is -0.349 e. The molecule has 1 saturated carbocycles. The van der Waals surface area contributed by atoms with E-state index >= 15 is 0 Å². The Labute approximate surface area is 134 Å². The molecule has 1 N–H and O–H groups in total. The van der Waals surface area contributed by atoms with Gasteiger partial charge in [-0.1, -0.05) is 33.3 Å². The van der Waals surface area contributed by atoms with Crippen LogP contribution in [0, 0.1) is 23.6 Å². The highest BCUT2D eigenvalue weighted by molar-refractivity contribution is 9.10. The van der Waals surface area contributed by atoms with Gasteiger partial charge in [0.05, 0.1) is 10.0 Å². The summed E-state index contributed by atoms with van der Waals surface area (Å²) in [6, 6.07) is 4.74. The summed E-state index contributed by atoms with van der Waals surface area (Å²) in [6.45, 7) is 6.64. The summed E-state index contributed by atoms with van der Waals surface area (Å²) in [5.41, 5.74) is 0.371. The smallest absolute Gasteiger partial charge is 0.252 e. The van der Waals surface area contributed by atoms with Gasteiger partial charge in [-0.15, -0.1) is 0 Å². The van der Waals surface area contributed by atoms with Gasteiger partial charge >= 0.3 is 0 Å². The molecule has 1 aromatic rings. The average molecular weight is 356 g/mol. The normalized spacial score (nSPS) is 25.9. The summed E-state index contributed by atoms with van der Waals surface area (Å²) in [5.74, 6) is 1.07. The summed E-state index contributed by atoms with van der Waals surface area (Å²) in [6.07, 6.45) is 3.37. The highest BCUT2D eigenvalue weighted by Gasteiger charge is 2.32. The number of hydrogen-bond donors (Lipinski definition) is 1. The van der Waals surface area contributed by atoms with Gasteiger partial charge in [-0.25, -0.2) is 4.39 Å². The molecular weight excluding hydrogens is 333 g/mol. The van der Waals surface area contributed by atoms with Crippen LogP contribution in [-0.4, -0.2) is 11.9 Å². The van der Waals surface area contributed by atoms with Crippen molar-refractivity contribution in [1.29, 1.82) is 0 Å². The van der Waals surface area contributed by atoms with Gasteiger partial charge in [0.25, 0.3) is 5.91 Å². The van der Waals surface area contributed by atoms with Crippen molar-refractivity contribution in [1.82, 2.24) is 5.32 Å². The van der Waals surface area contributed by atoms with Crippen molar-refractivity contribution in [2.75, 3.05) is 0 Å². The van der Waals surface area contributed by atoms with Crippen molar-refractivity contribution in [3.8, 4) is 0 Å². The molecule has 0 aromatic heterocycles. The second-order valence-corrected chi connectivity index (χ2v) is 7.30. The third-order valence-corrected chi connectivity index (χ3v) is 5.34. The van der Waals surface area contributed by atoms with Crippen LogP contribution < -0.4 is 5.32 Å². The first-order valence-electron chi connectivity index (χ1n) is 7.65. The van der Waals surface area contributed by atoms with Gasteiger partial charge in [0.2, 0.25) is 0 Å². The van der Waals surface area contributed by atoms with E-state index in [0.717, 1.165) is 12.8 Å². The number of amides is 1. The van der Waals surface area contributed by atoms with E-state index in [1.165, 1.54) is 12.5 Å². The van der Waals surface area contributed by atoms with Crippen LogP contribution in [0.2, 0.25) is 0 Å². The molecule has 0 saturated heterocycles. The third-order valence-electron chi connectivity index (χ3n) is 4.53. The van der Waals surface area contributed by atoms with E-state index < -0.39 is 5.82 Å². The fourth-order valence-corrected chi connectivity index (χ4v) is 3.74. The Bertz CT molecular complexity index is 518. The maximum absolute atomic E-state index is 13.6. The number of nitrogens with one attached hydrogen (secondary N) is 1. The lowest BCUT2D eigenvalue weighted by molar-refractivity contribution is 0.0866. The molecule has 0 bridgehead atoms. The molecule has 2 nitrogen and oxygen atoms in total. The van der Waals surface area contributed by atoms with Crippen LogP contribution in [0.3, 0.4) is 0 Å². The van der Waals surface area contributed by atoms with Crippen LogP contribution in [0.1, 0.15) is 50.4 Å². The molecule has 1 aromatic carbocycles. The molecule has 116 valence electrons. The Kier molecular flexibility index (Phi) is 5.42. The van der Waals surface area contributed by atoms with E-state index in [9.17, 15) is 9.18 Å². The van der Waals surface area contributed by atoms with E-state index in [1.54, 1.807) is 12.1 Å². The molecule has 1 fully saturated rings. The van der Waals surface area contributed by atoms with E-state index in [4.69, 9.17) is 0 Å². The van der Waals surface area contributed by atoms with Gasteiger partial charge in [-0.05, 0) is 58.7 Å². The quantitative estimate of drug-likeness (QED) is 0.830. The predicted molar refractivity (Wildman–Crippen MR) is 86.7 cm³/mol. The van der Waals surface area contributed by atoms with Crippen molar-refractivity contribution in [3.63, 3.8) is 0 Å². The van der Waals surface area contributed by atoms with Crippen LogP contribution in [0.5, 0.6) is 0 Å². The lowest BCUT2D eigenvalue weighted by Gasteiger charge is -2.37. The van der Waals surface area contributed by atoms with Crippen molar-refractivity contribution in [3.05, 3.63) is 34.1 Å². The number of hydrogen-bond acceptors (Lipinski definition) is 1. The molecule has 3 atom stereocenters. The lowest BCUT2D eigenvalue weighted by Crippen LogP contribution is -2.45. The number of carbonyl (C=O) groups excluding carboxylic acids is 1. The van der Waals surface area contributed by atoms with Crippen LogP contribution in [0.4, 0.5) is 4.39 Å². The fraction of sp³-hybridized carbons (Fsp3) is 0.588. The molecule has 0 radical (unpaired) electrons. The summed E-state index contributed by atoms with van der Waals surface area (Å²) in [4.78, 5) is 12.5. The Balaban J connectivity index is 2.14. The molecule has 2 rings (SSSR count). The summed E-state index contributed by atoms with van der Waals surface area (Å²) < 4.78 is 13.8. The first-order valence-corrected chi connectivity index (χ1v) is 8.44. The summed E-state index contributed by atoms with van der Waals surface area (Å²) in [5, 5.41) is 3.13. The van der Waals surface area contributed by atoms with Gasteiger partial charge in [-0.2, -0.15) is 0 Å². The van der Waals surface area contributed by atoms with Crippen molar-refractivity contribution >= 4 is 21.8 Å². The van der Waals surface area contributed by atoms with Crippen molar-refractivity contribution < 1.29 is 9.18 Å². The maximum Gasteiger partial charge on any atom is 0.252 e. The van der Waals surface area contributed by atoms with Gasteiger partial charge in [0, 0.05) is 6.04 Å². The lowest BCUT2D eigenvalue weighted by atomic mass is 9.74. The van der Waals surface area contributed by atoms with E-state index in [-0.39, 0.29) is 16.4 Å². The highest BCUT2D eigenvalue weighted by Crippen LogP contribution is 2.33. The molecule has 3 unspecified atom stereocenters. The third kappa shape index (κ3) is 3.85. The van der Waals surface area contributed by atoms with Crippen molar-refractivity contribution in [2.45, 2.75) is 46.1 Å². The molecule has 4 heteroatoms.